The Hall–Kier alpha value is -1.36. The van der Waals surface area contributed by atoms with Crippen LogP contribution in [0.3, 0.4) is 0 Å². The van der Waals surface area contributed by atoms with Crippen LogP contribution in [-0.2, 0) is 13.0 Å². The van der Waals surface area contributed by atoms with Gasteiger partial charge in [0.1, 0.15) is 5.82 Å². The summed E-state index contributed by atoms with van der Waals surface area (Å²) in [5.41, 5.74) is 1.14. The molecule has 0 aliphatic rings. The zero-order valence-corrected chi connectivity index (χ0v) is 8.77. The highest BCUT2D eigenvalue weighted by atomic mass is 32.1. The van der Waals surface area contributed by atoms with Crippen LogP contribution in [0.15, 0.2) is 17.8 Å². The first-order chi connectivity index (χ1) is 6.88. The number of hydrogen-bond donors (Lipinski definition) is 2. The van der Waals surface area contributed by atoms with Gasteiger partial charge in [0.15, 0.2) is 5.13 Å². The van der Waals surface area contributed by atoms with Gasteiger partial charge in [-0.1, -0.05) is 6.92 Å². The van der Waals surface area contributed by atoms with Crippen molar-refractivity contribution in [2.24, 2.45) is 0 Å². The third kappa shape index (κ3) is 2.11. The van der Waals surface area contributed by atoms with E-state index < -0.39 is 0 Å². The molecule has 14 heavy (non-hydrogen) atoms. The highest BCUT2D eigenvalue weighted by Gasteiger charge is 2.00. The highest BCUT2D eigenvalue weighted by Crippen LogP contribution is 2.15. The lowest BCUT2D eigenvalue weighted by atomic mass is 10.4. The van der Waals surface area contributed by atoms with E-state index in [0.717, 1.165) is 23.1 Å². The average molecular weight is 208 g/mol. The molecule has 2 aromatic heterocycles. The summed E-state index contributed by atoms with van der Waals surface area (Å²) in [5.74, 6) is 0.929. The Labute approximate surface area is 86.4 Å². The Bertz CT molecular complexity index is 379. The topological polar surface area (TPSA) is 53.6 Å². The van der Waals surface area contributed by atoms with Crippen LogP contribution >= 0.6 is 11.3 Å². The second kappa shape index (κ2) is 4.23. The number of aryl methyl sites for hydroxylation is 1. The molecule has 2 aromatic rings. The number of imidazole rings is 1. The standard InChI is InChI=1S/C9H12N4S/c1-2-7-6-14-9(13-7)12-5-8-10-3-4-11-8/h3-4,6H,2,5H2,1H3,(H,10,11)(H,12,13). The van der Waals surface area contributed by atoms with Crippen LogP contribution in [0, 0.1) is 0 Å². The highest BCUT2D eigenvalue weighted by molar-refractivity contribution is 7.13. The number of hydrogen-bond acceptors (Lipinski definition) is 4. The first-order valence-electron chi connectivity index (χ1n) is 4.55. The van der Waals surface area contributed by atoms with E-state index in [1.807, 2.05) is 6.20 Å². The molecule has 74 valence electrons. The third-order valence-electron chi connectivity index (χ3n) is 1.88. The first-order valence-corrected chi connectivity index (χ1v) is 5.43. The zero-order chi connectivity index (χ0) is 9.80. The molecule has 0 unspecified atom stereocenters. The van der Waals surface area contributed by atoms with Gasteiger partial charge in [-0.3, -0.25) is 0 Å². The van der Waals surface area contributed by atoms with Gasteiger partial charge < -0.3 is 10.3 Å². The summed E-state index contributed by atoms with van der Waals surface area (Å²) in [6.45, 7) is 2.80. The minimum Gasteiger partial charge on any atom is -0.354 e. The van der Waals surface area contributed by atoms with Crippen molar-refractivity contribution in [1.29, 1.82) is 0 Å². The Balaban J connectivity index is 1.92. The van der Waals surface area contributed by atoms with Crippen molar-refractivity contribution < 1.29 is 0 Å². The van der Waals surface area contributed by atoms with Crippen molar-refractivity contribution in [1.82, 2.24) is 15.0 Å². The summed E-state index contributed by atoms with van der Waals surface area (Å²) in [7, 11) is 0. The maximum atomic E-state index is 4.39. The monoisotopic (exact) mass is 208 g/mol. The van der Waals surface area contributed by atoms with E-state index in [9.17, 15) is 0 Å². The molecule has 0 atom stereocenters. The molecular weight excluding hydrogens is 196 g/mol. The summed E-state index contributed by atoms with van der Waals surface area (Å²) in [4.78, 5) is 11.5. The largest absolute Gasteiger partial charge is 0.354 e. The van der Waals surface area contributed by atoms with Crippen LogP contribution in [0.5, 0.6) is 0 Å². The van der Waals surface area contributed by atoms with Crippen LogP contribution < -0.4 is 5.32 Å². The molecule has 0 saturated heterocycles. The van der Waals surface area contributed by atoms with Crippen LogP contribution in [0.25, 0.3) is 0 Å². The molecule has 0 aromatic carbocycles. The Morgan fingerprint density at radius 3 is 3.14 bits per heavy atom. The van der Waals surface area contributed by atoms with Gasteiger partial charge in [0.2, 0.25) is 0 Å². The third-order valence-corrected chi connectivity index (χ3v) is 2.72. The summed E-state index contributed by atoms with van der Waals surface area (Å²) in [5, 5.41) is 6.25. The predicted molar refractivity (Wildman–Crippen MR) is 57.4 cm³/mol. The van der Waals surface area contributed by atoms with Crippen LogP contribution in [0.4, 0.5) is 5.13 Å². The van der Waals surface area contributed by atoms with E-state index in [1.54, 1.807) is 17.5 Å². The summed E-state index contributed by atoms with van der Waals surface area (Å²) < 4.78 is 0. The van der Waals surface area contributed by atoms with E-state index in [2.05, 4.69) is 32.6 Å². The van der Waals surface area contributed by atoms with Gasteiger partial charge in [-0.05, 0) is 6.42 Å². The normalized spacial score (nSPS) is 10.4. The maximum absolute atomic E-state index is 4.39. The molecule has 2 heterocycles. The van der Waals surface area contributed by atoms with Gasteiger partial charge in [-0.15, -0.1) is 11.3 Å². The number of aromatic nitrogens is 3. The number of aromatic amines is 1. The van der Waals surface area contributed by atoms with Gasteiger partial charge in [0.25, 0.3) is 0 Å². The van der Waals surface area contributed by atoms with Gasteiger partial charge in [0.05, 0.1) is 12.2 Å². The van der Waals surface area contributed by atoms with Crippen molar-refractivity contribution in [2.45, 2.75) is 19.9 Å². The zero-order valence-electron chi connectivity index (χ0n) is 7.95. The number of thiazole rings is 1. The van der Waals surface area contributed by atoms with E-state index in [1.165, 1.54) is 0 Å². The molecule has 0 fully saturated rings. The lowest BCUT2D eigenvalue weighted by molar-refractivity contribution is 0.985. The Morgan fingerprint density at radius 2 is 2.50 bits per heavy atom. The van der Waals surface area contributed by atoms with Crippen molar-refractivity contribution in [2.75, 3.05) is 5.32 Å². The molecule has 0 spiro atoms. The molecule has 0 bridgehead atoms. The van der Waals surface area contributed by atoms with Crippen LogP contribution in [0.1, 0.15) is 18.4 Å². The molecule has 0 saturated carbocycles. The molecule has 0 aliphatic heterocycles. The number of rotatable bonds is 4. The fourth-order valence-corrected chi connectivity index (χ4v) is 1.90. The van der Waals surface area contributed by atoms with Gasteiger partial charge in [-0.25, -0.2) is 9.97 Å². The lowest BCUT2D eigenvalue weighted by Crippen LogP contribution is -2.00. The Morgan fingerprint density at radius 1 is 1.57 bits per heavy atom. The van der Waals surface area contributed by atoms with Gasteiger partial charge >= 0.3 is 0 Å². The number of nitrogens with zero attached hydrogens (tertiary/aromatic N) is 2. The van der Waals surface area contributed by atoms with Gasteiger partial charge in [0, 0.05) is 17.8 Å². The SMILES string of the molecule is CCc1csc(NCc2ncc[nH]2)n1. The predicted octanol–water partition coefficient (Wildman–Crippen LogP) is 2.04. The number of nitrogens with one attached hydrogen (secondary N) is 2. The molecule has 0 radical (unpaired) electrons. The van der Waals surface area contributed by atoms with E-state index >= 15 is 0 Å². The maximum Gasteiger partial charge on any atom is 0.183 e. The van der Waals surface area contributed by atoms with Crippen molar-refractivity contribution in [3.63, 3.8) is 0 Å². The second-order valence-electron chi connectivity index (χ2n) is 2.89. The van der Waals surface area contributed by atoms with E-state index in [0.29, 0.717) is 6.54 Å². The lowest BCUT2D eigenvalue weighted by Gasteiger charge is -1.97. The van der Waals surface area contributed by atoms with Crippen LogP contribution in [0.2, 0.25) is 0 Å². The number of anilines is 1. The fourth-order valence-electron chi connectivity index (χ4n) is 1.10. The second-order valence-corrected chi connectivity index (χ2v) is 3.75. The molecule has 0 aliphatic carbocycles. The average Bonchev–Trinajstić information content (AvgIpc) is 2.86. The fraction of sp³-hybridized carbons (Fsp3) is 0.333. The molecule has 2 N–H and O–H groups in total. The quantitative estimate of drug-likeness (QED) is 0.808. The smallest absolute Gasteiger partial charge is 0.183 e. The van der Waals surface area contributed by atoms with Gasteiger partial charge in [-0.2, -0.15) is 0 Å². The summed E-state index contributed by atoms with van der Waals surface area (Å²) in [6.07, 6.45) is 4.55. The molecular formula is C9H12N4S. The van der Waals surface area contributed by atoms with Crippen molar-refractivity contribution in [3.8, 4) is 0 Å². The van der Waals surface area contributed by atoms with Crippen LogP contribution in [-0.4, -0.2) is 15.0 Å². The molecule has 0 amide bonds. The summed E-state index contributed by atoms with van der Waals surface area (Å²) >= 11 is 1.63. The minimum absolute atomic E-state index is 0.698. The summed E-state index contributed by atoms with van der Waals surface area (Å²) in [6, 6.07) is 0. The molecule has 5 heteroatoms. The minimum atomic E-state index is 0.698. The first kappa shape index (κ1) is 9.21. The molecule has 4 nitrogen and oxygen atoms in total. The van der Waals surface area contributed by atoms with E-state index in [4.69, 9.17) is 0 Å². The Kier molecular flexibility index (Phi) is 2.78. The number of H-pyrrole nitrogens is 1. The van der Waals surface area contributed by atoms with Crippen molar-refractivity contribution >= 4 is 16.5 Å². The molecule has 2 rings (SSSR count). The van der Waals surface area contributed by atoms with E-state index in [-0.39, 0.29) is 0 Å². The van der Waals surface area contributed by atoms with Crippen molar-refractivity contribution in [3.05, 3.63) is 29.3 Å².